The monoisotopic (exact) mass is 276 g/mol. The van der Waals surface area contributed by atoms with Crippen LogP contribution in [0.1, 0.15) is 32.3 Å². The van der Waals surface area contributed by atoms with Crippen molar-refractivity contribution in [1.29, 1.82) is 0 Å². The first kappa shape index (κ1) is 15.6. The molecule has 0 heterocycles. The number of ketones is 1. The Hall–Kier alpha value is -1.42. The molecule has 0 aliphatic heterocycles. The van der Waals surface area contributed by atoms with Gasteiger partial charge in [0.15, 0.2) is 8.96 Å². The lowest BCUT2D eigenvalue weighted by atomic mass is 10.2. The zero-order chi connectivity index (χ0) is 14.3. The van der Waals surface area contributed by atoms with Gasteiger partial charge in [0.25, 0.3) is 0 Å². The van der Waals surface area contributed by atoms with Gasteiger partial charge in [0.2, 0.25) is 0 Å². The predicted molar refractivity (Wildman–Crippen MR) is 83.9 cm³/mol. The van der Waals surface area contributed by atoms with E-state index in [0.29, 0.717) is 6.42 Å². The number of nitrogens with zero attached hydrogens (tertiary/aromatic N) is 2. The number of rotatable bonds is 7. The van der Waals surface area contributed by atoms with Gasteiger partial charge in [0, 0.05) is 12.1 Å². The van der Waals surface area contributed by atoms with Gasteiger partial charge in [-0.2, -0.15) is 5.10 Å². The lowest BCUT2D eigenvalue weighted by Crippen LogP contribution is -2.30. The van der Waals surface area contributed by atoms with Gasteiger partial charge in [-0.05, 0) is 25.8 Å². The minimum absolute atomic E-state index is 0.228. The van der Waals surface area contributed by atoms with Gasteiger partial charge < -0.3 is 9.47 Å². The van der Waals surface area contributed by atoms with Gasteiger partial charge in [-0.1, -0.05) is 43.4 Å². The third kappa shape index (κ3) is 6.34. The summed E-state index contributed by atoms with van der Waals surface area (Å²) >= 11 is 0. The van der Waals surface area contributed by atoms with Crippen LogP contribution in [0.5, 0.6) is 0 Å². The Morgan fingerprint density at radius 3 is 2.32 bits per heavy atom. The number of hydrogen-bond donors (Lipinski definition) is 0. The molecule has 0 aliphatic rings. The molecule has 0 spiro atoms. The number of benzene rings is 1. The van der Waals surface area contributed by atoms with Crippen LogP contribution in [-0.2, 0) is 11.3 Å². The van der Waals surface area contributed by atoms with Gasteiger partial charge in [-0.15, -0.1) is 0 Å². The summed E-state index contributed by atoms with van der Waals surface area (Å²) in [6.45, 7) is 9.04. The Labute approximate surface area is 118 Å². The molecule has 0 aliphatic carbocycles. The molecule has 0 aromatic heterocycles. The van der Waals surface area contributed by atoms with E-state index in [0.717, 1.165) is 18.7 Å². The van der Waals surface area contributed by atoms with Crippen molar-refractivity contribution in [3.63, 3.8) is 0 Å². The summed E-state index contributed by atoms with van der Waals surface area (Å²) in [5, 5.41) is 4.70. The molecule has 19 heavy (non-hydrogen) atoms. The van der Waals surface area contributed by atoms with Crippen molar-refractivity contribution in [3.05, 3.63) is 35.9 Å². The number of Topliss-reactive ketones (excluding diaryl/α,β-unsaturated/α-hetero) is 1. The van der Waals surface area contributed by atoms with Crippen LogP contribution in [0.2, 0.25) is 13.1 Å². The first-order valence-corrected chi connectivity index (χ1v) is 9.65. The molecule has 1 rings (SSSR count). The molecule has 0 fully saturated rings. The molecule has 4 heteroatoms. The van der Waals surface area contributed by atoms with Crippen molar-refractivity contribution in [2.24, 2.45) is 5.10 Å². The van der Waals surface area contributed by atoms with Crippen LogP contribution in [0.3, 0.4) is 0 Å². The van der Waals surface area contributed by atoms with E-state index in [1.54, 1.807) is 6.92 Å². The van der Waals surface area contributed by atoms with E-state index >= 15 is 0 Å². The molecule has 0 radical (unpaired) electrons. The highest BCUT2D eigenvalue weighted by molar-refractivity contribution is 6.52. The van der Waals surface area contributed by atoms with Crippen LogP contribution in [0.15, 0.2) is 35.4 Å². The molecule has 0 unspecified atom stereocenters. The van der Waals surface area contributed by atoms with Crippen molar-refractivity contribution in [2.45, 2.75) is 46.3 Å². The van der Waals surface area contributed by atoms with E-state index in [1.165, 1.54) is 5.56 Å². The minimum Gasteiger partial charge on any atom is -0.324 e. The van der Waals surface area contributed by atoms with Crippen LogP contribution >= 0.6 is 0 Å². The van der Waals surface area contributed by atoms with Gasteiger partial charge >= 0.3 is 0 Å². The highest BCUT2D eigenvalue weighted by Gasteiger charge is 2.09. The van der Waals surface area contributed by atoms with E-state index < -0.39 is 8.96 Å². The summed E-state index contributed by atoms with van der Waals surface area (Å²) in [5.74, 6) is 0.228. The zero-order valence-electron chi connectivity index (χ0n) is 12.4. The third-order valence-corrected chi connectivity index (χ3v) is 4.41. The Bertz CT molecular complexity index is 429. The predicted octanol–water partition coefficient (Wildman–Crippen LogP) is 3.22. The molecule has 0 N–H and O–H groups in total. The van der Waals surface area contributed by atoms with Crippen molar-refractivity contribution in [3.8, 4) is 0 Å². The summed E-state index contributed by atoms with van der Waals surface area (Å²) in [4.78, 5) is 11.0. The minimum atomic E-state index is -1.00. The van der Waals surface area contributed by atoms with E-state index in [9.17, 15) is 4.79 Å². The van der Waals surface area contributed by atoms with Crippen LogP contribution in [0.25, 0.3) is 0 Å². The average molecular weight is 276 g/mol. The van der Waals surface area contributed by atoms with E-state index in [2.05, 4.69) is 42.0 Å². The van der Waals surface area contributed by atoms with Crippen molar-refractivity contribution >= 4 is 20.5 Å². The Kier molecular flexibility index (Phi) is 6.49. The van der Waals surface area contributed by atoms with Crippen molar-refractivity contribution in [2.75, 3.05) is 0 Å². The van der Waals surface area contributed by atoms with Crippen LogP contribution < -0.4 is 0 Å². The van der Waals surface area contributed by atoms with Crippen LogP contribution in [0.4, 0.5) is 0 Å². The second kappa shape index (κ2) is 7.89. The topological polar surface area (TPSA) is 32.7 Å². The van der Waals surface area contributed by atoms with Gasteiger partial charge in [0.1, 0.15) is 5.78 Å². The lowest BCUT2D eigenvalue weighted by Gasteiger charge is -2.24. The SMILES string of the molecule is CC(=O)CCC(C)=NN(Cc1ccccc1)[SiH](C)C. The molecule has 1 aromatic rings. The normalized spacial score (nSPS) is 11.7. The largest absolute Gasteiger partial charge is 0.324 e. The molecule has 0 bridgehead atoms. The van der Waals surface area contributed by atoms with E-state index in [-0.39, 0.29) is 5.78 Å². The summed E-state index contributed by atoms with van der Waals surface area (Å²) in [5.41, 5.74) is 2.33. The Morgan fingerprint density at radius 2 is 1.79 bits per heavy atom. The second-order valence-corrected chi connectivity index (χ2v) is 8.00. The third-order valence-electron chi connectivity index (χ3n) is 2.92. The summed E-state index contributed by atoms with van der Waals surface area (Å²) in [6, 6.07) is 10.4. The molecule has 3 nitrogen and oxygen atoms in total. The molecule has 0 atom stereocenters. The summed E-state index contributed by atoms with van der Waals surface area (Å²) in [6.07, 6.45) is 1.36. The number of carbonyl (C=O) groups is 1. The van der Waals surface area contributed by atoms with Gasteiger partial charge in [-0.25, -0.2) is 0 Å². The van der Waals surface area contributed by atoms with Crippen LogP contribution in [0, 0.1) is 0 Å². The smallest absolute Gasteiger partial charge is 0.157 e. The number of hydrogen-bond acceptors (Lipinski definition) is 3. The van der Waals surface area contributed by atoms with Gasteiger partial charge in [0.05, 0.1) is 6.54 Å². The van der Waals surface area contributed by atoms with Crippen molar-refractivity contribution < 1.29 is 4.79 Å². The molecule has 104 valence electrons. The molecular weight excluding hydrogens is 252 g/mol. The highest BCUT2D eigenvalue weighted by Crippen LogP contribution is 2.08. The Morgan fingerprint density at radius 1 is 1.16 bits per heavy atom. The second-order valence-electron chi connectivity index (χ2n) is 5.21. The van der Waals surface area contributed by atoms with E-state index in [4.69, 9.17) is 5.10 Å². The fraction of sp³-hybridized carbons (Fsp3) is 0.467. The molecule has 1 aromatic carbocycles. The molecular formula is C15H24N2OSi. The first-order valence-electron chi connectivity index (χ1n) is 6.83. The number of carbonyl (C=O) groups excluding carboxylic acids is 1. The Balaban J connectivity index is 2.67. The standard InChI is InChI=1S/C15H24N2OSi/c1-13(10-11-14(2)18)16-17(19(3)4)12-15-8-6-5-7-9-15/h5-9,19H,10-12H2,1-4H3. The molecule has 0 saturated carbocycles. The van der Waals surface area contributed by atoms with Crippen molar-refractivity contribution in [1.82, 2.24) is 4.67 Å². The zero-order valence-corrected chi connectivity index (χ0v) is 13.5. The molecule has 0 saturated heterocycles. The maximum Gasteiger partial charge on any atom is 0.157 e. The quantitative estimate of drug-likeness (QED) is 0.435. The average Bonchev–Trinajstić information content (AvgIpc) is 2.36. The summed E-state index contributed by atoms with van der Waals surface area (Å²) in [7, 11) is -1.00. The van der Waals surface area contributed by atoms with E-state index in [1.807, 2.05) is 13.0 Å². The maximum atomic E-state index is 11.0. The fourth-order valence-corrected chi connectivity index (χ4v) is 2.73. The fourth-order valence-electron chi connectivity index (χ4n) is 1.73. The van der Waals surface area contributed by atoms with Crippen LogP contribution in [-0.4, -0.2) is 25.1 Å². The highest BCUT2D eigenvalue weighted by atomic mass is 28.3. The lowest BCUT2D eigenvalue weighted by molar-refractivity contribution is -0.116. The number of hydrazone groups is 1. The summed E-state index contributed by atoms with van der Waals surface area (Å²) < 4.78 is 2.21. The van der Waals surface area contributed by atoms with Gasteiger partial charge in [-0.3, -0.25) is 0 Å². The first-order chi connectivity index (χ1) is 8.99. The maximum absolute atomic E-state index is 11.0. The molecule has 0 amide bonds.